The lowest BCUT2D eigenvalue weighted by molar-refractivity contribution is -0.157. The highest BCUT2D eigenvalue weighted by Crippen LogP contribution is 2.23. The maximum Gasteiger partial charge on any atom is 0.325 e. The second-order valence-electron chi connectivity index (χ2n) is 3.93. The van der Waals surface area contributed by atoms with E-state index in [0.29, 0.717) is 0 Å². The molecule has 1 atom stereocenters. The molecule has 0 bridgehead atoms. The maximum absolute atomic E-state index is 13.2. The first-order valence-corrected chi connectivity index (χ1v) is 6.03. The first kappa shape index (κ1) is 15.9. The molecule has 20 heavy (non-hydrogen) atoms. The molecule has 0 fully saturated rings. The molecule has 0 aliphatic carbocycles. The highest BCUT2D eigenvalue weighted by atomic mass is 19.1. The Hall–Kier alpha value is -2.18. The number of hydrogen-bond donors (Lipinski definition) is 1. The van der Waals surface area contributed by atoms with Gasteiger partial charge in [-0.3, -0.25) is 9.59 Å². The van der Waals surface area contributed by atoms with Gasteiger partial charge in [0.1, 0.15) is 11.4 Å². The Morgan fingerprint density at radius 3 is 2.20 bits per heavy atom. The van der Waals surface area contributed by atoms with Crippen LogP contribution in [0.4, 0.5) is 14.5 Å². The second-order valence-corrected chi connectivity index (χ2v) is 3.93. The van der Waals surface area contributed by atoms with Crippen LogP contribution in [-0.4, -0.2) is 18.5 Å². The summed E-state index contributed by atoms with van der Waals surface area (Å²) in [5.41, 5.74) is 4.43. The van der Waals surface area contributed by atoms with E-state index in [2.05, 4.69) is 0 Å². The van der Waals surface area contributed by atoms with Gasteiger partial charge in [-0.15, -0.1) is 0 Å². The van der Waals surface area contributed by atoms with E-state index < -0.39 is 35.2 Å². The average molecular weight is 287 g/mol. The molecular weight excluding hydrogens is 272 g/mol. The molecule has 7 heteroatoms. The number of rotatable bonds is 5. The molecule has 1 rings (SSSR count). The molecule has 2 N–H and O–H groups in total. The zero-order valence-electron chi connectivity index (χ0n) is 11.1. The Morgan fingerprint density at radius 2 is 1.75 bits per heavy atom. The van der Waals surface area contributed by atoms with Gasteiger partial charge in [0.2, 0.25) is 0 Å². The highest BCUT2D eigenvalue weighted by Gasteiger charge is 2.28. The Kier molecular flexibility index (Phi) is 5.42. The first-order chi connectivity index (χ1) is 9.40. The van der Waals surface area contributed by atoms with Crippen LogP contribution in [0.1, 0.15) is 20.3 Å². The number of nitrogen functional groups attached to an aromatic ring is 1. The summed E-state index contributed by atoms with van der Waals surface area (Å²) in [7, 11) is 0. The molecular formula is C13H15F2NO4. The van der Waals surface area contributed by atoms with E-state index in [1.54, 1.807) is 13.8 Å². The van der Waals surface area contributed by atoms with E-state index in [1.807, 2.05) is 0 Å². The van der Waals surface area contributed by atoms with Gasteiger partial charge in [0.05, 0.1) is 6.61 Å². The summed E-state index contributed by atoms with van der Waals surface area (Å²) < 4.78 is 35.9. The van der Waals surface area contributed by atoms with Gasteiger partial charge in [-0.1, -0.05) is 6.92 Å². The predicted octanol–water partition coefficient (Wildman–Crippen LogP) is 2.04. The van der Waals surface area contributed by atoms with Gasteiger partial charge in [-0.2, -0.15) is 0 Å². The zero-order valence-corrected chi connectivity index (χ0v) is 11.1. The molecule has 0 spiro atoms. The monoisotopic (exact) mass is 287 g/mol. The topological polar surface area (TPSA) is 78.6 Å². The van der Waals surface area contributed by atoms with E-state index in [1.165, 1.54) is 0 Å². The summed E-state index contributed by atoms with van der Waals surface area (Å²) >= 11 is 0. The van der Waals surface area contributed by atoms with Gasteiger partial charge < -0.3 is 15.2 Å². The van der Waals surface area contributed by atoms with E-state index >= 15 is 0 Å². The minimum Gasteiger partial charge on any atom is -0.465 e. The van der Waals surface area contributed by atoms with E-state index in [-0.39, 0.29) is 18.8 Å². The Morgan fingerprint density at radius 1 is 1.20 bits per heavy atom. The molecule has 1 aromatic carbocycles. The number of halogens is 2. The smallest absolute Gasteiger partial charge is 0.325 e. The molecule has 0 heterocycles. The van der Waals surface area contributed by atoms with Gasteiger partial charge in [0, 0.05) is 12.1 Å². The van der Waals surface area contributed by atoms with Crippen molar-refractivity contribution in [1.29, 1.82) is 0 Å². The molecule has 0 aliphatic rings. The number of hydrogen-bond acceptors (Lipinski definition) is 5. The number of anilines is 1. The van der Waals surface area contributed by atoms with Gasteiger partial charge in [0.25, 0.3) is 0 Å². The normalized spacial score (nSPS) is 11.8. The van der Waals surface area contributed by atoms with E-state index in [9.17, 15) is 18.4 Å². The van der Waals surface area contributed by atoms with Crippen molar-refractivity contribution in [3.05, 3.63) is 23.8 Å². The molecule has 1 unspecified atom stereocenters. The highest BCUT2D eigenvalue weighted by molar-refractivity contribution is 5.95. The summed E-state index contributed by atoms with van der Waals surface area (Å²) in [5.74, 6) is -5.26. The van der Waals surface area contributed by atoms with Crippen LogP contribution in [-0.2, 0) is 14.3 Å². The largest absolute Gasteiger partial charge is 0.465 e. The number of nitrogens with two attached hydrogens (primary N) is 1. The molecule has 110 valence electrons. The summed E-state index contributed by atoms with van der Waals surface area (Å²) in [5, 5.41) is 0. The Balaban J connectivity index is 2.86. The molecule has 0 saturated carbocycles. The zero-order chi connectivity index (χ0) is 15.3. The molecule has 0 saturated heterocycles. The van der Waals surface area contributed by atoms with Crippen LogP contribution in [0.5, 0.6) is 5.75 Å². The summed E-state index contributed by atoms with van der Waals surface area (Å²) in [6.45, 7) is 3.31. The fraction of sp³-hybridized carbons (Fsp3) is 0.385. The van der Waals surface area contributed by atoms with Crippen molar-refractivity contribution in [2.24, 2.45) is 5.92 Å². The fourth-order valence-electron chi connectivity index (χ4n) is 1.48. The molecule has 0 aromatic heterocycles. The van der Waals surface area contributed by atoms with Crippen molar-refractivity contribution in [3.63, 3.8) is 0 Å². The molecule has 0 amide bonds. The quantitative estimate of drug-likeness (QED) is 0.388. The van der Waals surface area contributed by atoms with Crippen molar-refractivity contribution in [3.8, 4) is 5.75 Å². The van der Waals surface area contributed by atoms with Crippen LogP contribution in [0.2, 0.25) is 0 Å². The lowest BCUT2D eigenvalue weighted by Gasteiger charge is -2.13. The van der Waals surface area contributed by atoms with Gasteiger partial charge >= 0.3 is 11.9 Å². The summed E-state index contributed by atoms with van der Waals surface area (Å²) in [4.78, 5) is 23.3. The SMILES string of the molecule is CCOC(=O)C(CC)C(=O)Oc1cc(F)c(N)c(F)c1. The third kappa shape index (κ3) is 3.66. The molecule has 1 aromatic rings. The lowest BCUT2D eigenvalue weighted by Crippen LogP contribution is -2.29. The predicted molar refractivity (Wildman–Crippen MR) is 66.8 cm³/mol. The van der Waals surface area contributed by atoms with Crippen LogP contribution < -0.4 is 10.5 Å². The number of carbonyl (C=O) groups is 2. The Labute approximate surface area is 114 Å². The number of carbonyl (C=O) groups excluding carboxylic acids is 2. The van der Waals surface area contributed by atoms with Crippen molar-refractivity contribution in [2.75, 3.05) is 12.3 Å². The maximum atomic E-state index is 13.2. The van der Waals surface area contributed by atoms with Crippen LogP contribution in [0.25, 0.3) is 0 Å². The second kappa shape index (κ2) is 6.83. The van der Waals surface area contributed by atoms with Crippen LogP contribution in [0.15, 0.2) is 12.1 Å². The standard InChI is InChI=1S/C13H15F2NO4/c1-3-8(12(17)19-4-2)13(18)20-7-5-9(14)11(16)10(15)6-7/h5-6,8H,3-4,16H2,1-2H3. The molecule has 5 nitrogen and oxygen atoms in total. The van der Waals surface area contributed by atoms with Crippen molar-refractivity contribution >= 4 is 17.6 Å². The van der Waals surface area contributed by atoms with Crippen molar-refractivity contribution in [1.82, 2.24) is 0 Å². The minimum absolute atomic E-state index is 0.119. The lowest BCUT2D eigenvalue weighted by atomic mass is 10.1. The average Bonchev–Trinajstić information content (AvgIpc) is 2.37. The summed E-state index contributed by atoms with van der Waals surface area (Å²) in [6, 6.07) is 1.54. The van der Waals surface area contributed by atoms with E-state index in [0.717, 1.165) is 12.1 Å². The Bertz CT molecular complexity index is 496. The van der Waals surface area contributed by atoms with Crippen molar-refractivity contribution in [2.45, 2.75) is 20.3 Å². The summed E-state index contributed by atoms with van der Waals surface area (Å²) in [6.07, 6.45) is 0.150. The number of ether oxygens (including phenoxy) is 2. The van der Waals surface area contributed by atoms with Crippen molar-refractivity contribution < 1.29 is 27.8 Å². The molecule has 0 radical (unpaired) electrons. The van der Waals surface area contributed by atoms with Crippen LogP contribution in [0, 0.1) is 17.6 Å². The number of esters is 2. The third-order valence-corrected chi connectivity index (χ3v) is 2.53. The first-order valence-electron chi connectivity index (χ1n) is 6.03. The fourth-order valence-corrected chi connectivity index (χ4v) is 1.48. The number of benzene rings is 1. The van der Waals surface area contributed by atoms with Gasteiger partial charge in [-0.25, -0.2) is 8.78 Å². The van der Waals surface area contributed by atoms with E-state index in [4.69, 9.17) is 15.2 Å². The van der Waals surface area contributed by atoms with Gasteiger partial charge in [0.15, 0.2) is 17.6 Å². The van der Waals surface area contributed by atoms with Crippen LogP contribution in [0.3, 0.4) is 0 Å². The third-order valence-electron chi connectivity index (χ3n) is 2.53. The van der Waals surface area contributed by atoms with Gasteiger partial charge in [-0.05, 0) is 13.3 Å². The van der Waals surface area contributed by atoms with Crippen LogP contribution >= 0.6 is 0 Å². The minimum atomic E-state index is -1.14. The molecule has 0 aliphatic heterocycles.